The van der Waals surface area contributed by atoms with Crippen molar-refractivity contribution >= 4 is 44.5 Å². The average Bonchev–Trinajstić information content (AvgIpc) is 2.66. The third-order valence-electron chi connectivity index (χ3n) is 4.30. The van der Waals surface area contributed by atoms with Crippen molar-refractivity contribution in [3.8, 4) is 0 Å². The zero-order valence-electron chi connectivity index (χ0n) is 13.9. The number of para-hydroxylation sites is 1. The van der Waals surface area contributed by atoms with Crippen molar-refractivity contribution in [3.63, 3.8) is 0 Å². The molecule has 0 radical (unpaired) electrons. The number of carbonyl (C=O) groups excluding carboxylic acids is 1. The second-order valence-electron chi connectivity index (χ2n) is 5.93. The summed E-state index contributed by atoms with van der Waals surface area (Å²) in [7, 11) is 0. The Bertz CT molecular complexity index is 901. The number of amides is 1. The van der Waals surface area contributed by atoms with Crippen molar-refractivity contribution in [1.82, 2.24) is 10.3 Å². The Kier molecular flexibility index (Phi) is 4.74. The number of nitrogens with one attached hydrogen (secondary N) is 2. The first-order valence-electron chi connectivity index (χ1n) is 8.20. The van der Waals surface area contributed by atoms with Gasteiger partial charge in [-0.15, -0.1) is 11.7 Å². The highest BCUT2D eigenvalue weighted by Gasteiger charge is 2.42. The van der Waals surface area contributed by atoms with Gasteiger partial charge in [-0.2, -0.15) is 0 Å². The lowest BCUT2D eigenvalue weighted by Crippen LogP contribution is -2.51. The summed E-state index contributed by atoms with van der Waals surface area (Å²) in [6, 6.07) is 15.4. The first-order chi connectivity index (χ1) is 12.7. The van der Waals surface area contributed by atoms with Crippen molar-refractivity contribution < 1.29 is 4.79 Å². The molecule has 0 fully saturated rings. The maximum Gasteiger partial charge on any atom is 0.255 e. The van der Waals surface area contributed by atoms with Crippen LogP contribution < -0.4 is 10.6 Å². The summed E-state index contributed by atoms with van der Waals surface area (Å²) < 4.78 is 0.970. The zero-order valence-corrected chi connectivity index (χ0v) is 16.3. The molecule has 0 saturated carbocycles. The molecule has 2 aliphatic heterocycles. The highest BCUT2D eigenvalue weighted by molar-refractivity contribution is 9.10. The number of nitrogens with zero attached hydrogens (tertiary/aromatic N) is 2. The molecule has 0 saturated heterocycles. The Morgan fingerprint density at radius 2 is 1.92 bits per heavy atom. The molecule has 0 spiro atoms. The Morgan fingerprint density at radius 1 is 1.19 bits per heavy atom. The SMILES string of the molecule is C=CCSC1=NN2C(c3ccccc3Br)Nc3ccccc3C2C(=O)N1. The number of anilines is 1. The number of hydrazone groups is 1. The summed E-state index contributed by atoms with van der Waals surface area (Å²) in [6.45, 7) is 3.73. The number of thioether (sulfide) groups is 1. The van der Waals surface area contributed by atoms with Crippen molar-refractivity contribution in [1.29, 1.82) is 0 Å². The van der Waals surface area contributed by atoms with Crippen molar-refractivity contribution in [2.75, 3.05) is 11.1 Å². The minimum atomic E-state index is -0.474. The van der Waals surface area contributed by atoms with Gasteiger partial charge < -0.3 is 10.6 Å². The predicted octanol–water partition coefficient (Wildman–Crippen LogP) is 4.24. The standard InChI is InChI=1S/C19H17BrN4OS/c1-2-11-26-19-22-18(25)16-13-8-4-6-10-15(13)21-17(24(16)23-19)12-7-3-5-9-14(12)20/h2-10,16-17,21H,1,11H2,(H,22,23,25). The van der Waals surface area contributed by atoms with Crippen LogP contribution in [0.15, 0.2) is 70.8 Å². The smallest absolute Gasteiger partial charge is 0.255 e. The molecule has 2 unspecified atom stereocenters. The van der Waals surface area contributed by atoms with E-state index in [0.717, 1.165) is 21.3 Å². The van der Waals surface area contributed by atoms with Gasteiger partial charge in [0.25, 0.3) is 5.91 Å². The van der Waals surface area contributed by atoms with Crippen LogP contribution in [0.4, 0.5) is 5.69 Å². The summed E-state index contributed by atoms with van der Waals surface area (Å²) >= 11 is 5.08. The van der Waals surface area contributed by atoms with Crippen LogP contribution in [-0.4, -0.2) is 21.8 Å². The molecule has 0 aliphatic carbocycles. The van der Waals surface area contributed by atoms with Gasteiger partial charge >= 0.3 is 0 Å². The largest absolute Gasteiger partial charge is 0.360 e. The number of rotatable bonds is 3. The molecule has 26 heavy (non-hydrogen) atoms. The minimum absolute atomic E-state index is 0.0717. The van der Waals surface area contributed by atoms with E-state index in [1.165, 1.54) is 11.8 Å². The van der Waals surface area contributed by atoms with Gasteiger partial charge in [0, 0.05) is 27.0 Å². The lowest BCUT2D eigenvalue weighted by molar-refractivity contribution is -0.127. The molecular weight excluding hydrogens is 412 g/mol. The normalized spacial score (nSPS) is 21.0. The van der Waals surface area contributed by atoms with Crippen LogP contribution in [0.25, 0.3) is 0 Å². The summed E-state index contributed by atoms with van der Waals surface area (Å²) in [6.07, 6.45) is 1.54. The van der Waals surface area contributed by atoms with E-state index in [9.17, 15) is 4.79 Å². The van der Waals surface area contributed by atoms with Gasteiger partial charge in [-0.1, -0.05) is 70.2 Å². The van der Waals surface area contributed by atoms with E-state index in [0.29, 0.717) is 10.9 Å². The Balaban J connectivity index is 1.83. The van der Waals surface area contributed by atoms with E-state index in [-0.39, 0.29) is 12.1 Å². The van der Waals surface area contributed by atoms with Gasteiger partial charge in [0.1, 0.15) is 6.17 Å². The summed E-state index contributed by atoms with van der Waals surface area (Å²) in [5.74, 6) is 0.610. The molecule has 5 nitrogen and oxygen atoms in total. The number of benzene rings is 2. The first kappa shape index (κ1) is 17.2. The topological polar surface area (TPSA) is 56.7 Å². The van der Waals surface area contributed by atoms with Gasteiger partial charge in [-0.25, -0.2) is 0 Å². The fraction of sp³-hybridized carbons (Fsp3) is 0.158. The maximum atomic E-state index is 12.9. The van der Waals surface area contributed by atoms with E-state index >= 15 is 0 Å². The highest BCUT2D eigenvalue weighted by atomic mass is 79.9. The molecule has 2 aromatic rings. The maximum absolute atomic E-state index is 12.9. The molecule has 0 bridgehead atoms. The molecule has 2 N–H and O–H groups in total. The predicted molar refractivity (Wildman–Crippen MR) is 110 cm³/mol. The van der Waals surface area contributed by atoms with Crippen LogP contribution in [0.3, 0.4) is 0 Å². The molecule has 1 amide bonds. The molecule has 0 aromatic heterocycles. The van der Waals surface area contributed by atoms with Crippen LogP contribution >= 0.6 is 27.7 Å². The number of hydrogen-bond acceptors (Lipinski definition) is 5. The molecule has 2 heterocycles. The number of carbonyl (C=O) groups is 1. The molecule has 7 heteroatoms. The van der Waals surface area contributed by atoms with Gasteiger partial charge in [0.05, 0.1) is 0 Å². The van der Waals surface area contributed by atoms with Crippen LogP contribution in [0.1, 0.15) is 23.3 Å². The minimum Gasteiger partial charge on any atom is -0.360 e. The summed E-state index contributed by atoms with van der Waals surface area (Å²) in [5.41, 5.74) is 2.89. The van der Waals surface area contributed by atoms with E-state index in [1.807, 2.05) is 53.5 Å². The van der Waals surface area contributed by atoms with E-state index in [2.05, 4.69) is 33.1 Å². The number of fused-ring (bicyclic) bond motifs is 3. The van der Waals surface area contributed by atoms with E-state index < -0.39 is 6.04 Å². The van der Waals surface area contributed by atoms with Gasteiger partial charge in [-0.05, 0) is 12.1 Å². The second kappa shape index (κ2) is 7.17. The van der Waals surface area contributed by atoms with Gasteiger partial charge in [-0.3, -0.25) is 9.80 Å². The van der Waals surface area contributed by atoms with Gasteiger partial charge in [0.15, 0.2) is 11.2 Å². The highest BCUT2D eigenvalue weighted by Crippen LogP contribution is 2.43. The van der Waals surface area contributed by atoms with Crippen LogP contribution in [-0.2, 0) is 4.79 Å². The monoisotopic (exact) mass is 428 g/mol. The third kappa shape index (κ3) is 3.01. The first-order valence-corrected chi connectivity index (χ1v) is 9.98. The van der Waals surface area contributed by atoms with Crippen molar-refractivity contribution in [3.05, 3.63) is 76.8 Å². The summed E-state index contributed by atoms with van der Waals surface area (Å²) in [5, 5.41) is 13.6. The van der Waals surface area contributed by atoms with Crippen molar-refractivity contribution in [2.45, 2.75) is 12.2 Å². The van der Waals surface area contributed by atoms with Crippen LogP contribution in [0.2, 0.25) is 0 Å². The molecular formula is C19H17BrN4OS. The van der Waals surface area contributed by atoms with Gasteiger partial charge in [0.2, 0.25) is 0 Å². The molecule has 4 rings (SSSR count). The van der Waals surface area contributed by atoms with Crippen LogP contribution in [0, 0.1) is 0 Å². The number of halogens is 1. The second-order valence-corrected chi connectivity index (χ2v) is 7.80. The fourth-order valence-corrected chi connectivity index (χ4v) is 4.27. The molecule has 2 aromatic carbocycles. The summed E-state index contributed by atoms with van der Waals surface area (Å²) in [4.78, 5) is 12.9. The third-order valence-corrected chi connectivity index (χ3v) is 5.88. The number of hydrogen-bond donors (Lipinski definition) is 2. The van der Waals surface area contributed by atoms with E-state index in [4.69, 9.17) is 5.10 Å². The quantitative estimate of drug-likeness (QED) is 0.717. The van der Waals surface area contributed by atoms with E-state index in [1.54, 1.807) is 6.08 Å². The van der Waals surface area contributed by atoms with Crippen molar-refractivity contribution in [2.24, 2.45) is 5.10 Å². The number of amidine groups is 1. The Morgan fingerprint density at radius 3 is 2.69 bits per heavy atom. The lowest BCUT2D eigenvalue weighted by atomic mass is 9.97. The average molecular weight is 429 g/mol. The zero-order chi connectivity index (χ0) is 18.1. The molecule has 2 aliphatic rings. The molecule has 2 atom stereocenters. The Hall–Kier alpha value is -2.25. The lowest BCUT2D eigenvalue weighted by Gasteiger charge is -2.44. The molecule has 132 valence electrons. The Labute approximate surface area is 164 Å². The van der Waals surface area contributed by atoms with Crippen LogP contribution in [0.5, 0.6) is 0 Å². The fourth-order valence-electron chi connectivity index (χ4n) is 3.17.